The van der Waals surface area contributed by atoms with Crippen molar-refractivity contribution >= 4 is 5.90 Å². The Hall–Kier alpha value is -1.04. The molecule has 0 atom stereocenters. The van der Waals surface area contributed by atoms with Gasteiger partial charge in [-0.3, -0.25) is 0 Å². The predicted molar refractivity (Wildman–Crippen MR) is 23.9 cm³/mol. The van der Waals surface area contributed by atoms with E-state index in [4.69, 9.17) is 10.00 Å². The Kier molecular flexibility index (Phi) is 0.947. The molecule has 0 saturated carbocycles. The molecular formula is C4H4N2O. The van der Waals surface area contributed by atoms with Gasteiger partial charge in [0.2, 0.25) is 0 Å². The fraction of sp³-hybridized carbons (Fsp3) is 0.500. The molecule has 0 amide bonds. The number of aliphatic imine (C=N–C) groups is 1. The molecule has 0 fully saturated rings. The summed E-state index contributed by atoms with van der Waals surface area (Å²) < 4.78 is 4.69. The smallest absolute Gasteiger partial charge is 0.290 e. The van der Waals surface area contributed by atoms with E-state index in [1.165, 1.54) is 0 Å². The molecular weight excluding hydrogens is 92.1 g/mol. The SMILES string of the molecule is N#CC1=NCCO1. The van der Waals surface area contributed by atoms with Crippen LogP contribution in [0.1, 0.15) is 0 Å². The van der Waals surface area contributed by atoms with Crippen LogP contribution in [-0.4, -0.2) is 19.0 Å². The normalized spacial score (nSPS) is 17.3. The second kappa shape index (κ2) is 1.61. The molecule has 3 heteroatoms. The van der Waals surface area contributed by atoms with Gasteiger partial charge >= 0.3 is 0 Å². The maximum atomic E-state index is 8.06. The largest absolute Gasteiger partial charge is 0.468 e. The van der Waals surface area contributed by atoms with Crippen LogP contribution < -0.4 is 0 Å². The topological polar surface area (TPSA) is 45.4 Å². The molecule has 0 radical (unpaired) electrons. The summed E-state index contributed by atoms with van der Waals surface area (Å²) >= 11 is 0. The van der Waals surface area contributed by atoms with Gasteiger partial charge in [-0.1, -0.05) is 0 Å². The van der Waals surface area contributed by atoms with E-state index in [-0.39, 0.29) is 5.90 Å². The highest BCUT2D eigenvalue weighted by Crippen LogP contribution is 1.89. The lowest BCUT2D eigenvalue weighted by Gasteiger charge is -1.83. The molecule has 0 aromatic carbocycles. The zero-order chi connectivity index (χ0) is 5.11. The molecule has 0 aliphatic carbocycles. The fourth-order valence-corrected chi connectivity index (χ4v) is 0.403. The summed E-state index contributed by atoms with van der Waals surface area (Å²) in [5.41, 5.74) is 0. The zero-order valence-corrected chi connectivity index (χ0v) is 3.72. The Morgan fingerprint density at radius 3 is 3.00 bits per heavy atom. The summed E-state index contributed by atoms with van der Waals surface area (Å²) in [6.07, 6.45) is 0. The molecule has 1 rings (SSSR count). The lowest BCUT2D eigenvalue weighted by atomic mass is 10.7. The molecule has 7 heavy (non-hydrogen) atoms. The maximum absolute atomic E-state index is 8.06. The van der Waals surface area contributed by atoms with Crippen molar-refractivity contribution < 1.29 is 4.74 Å². The molecule has 36 valence electrons. The zero-order valence-electron chi connectivity index (χ0n) is 3.72. The standard InChI is InChI=1S/C4H4N2O/c5-3-4-6-1-2-7-4/h1-2H2. The van der Waals surface area contributed by atoms with Gasteiger partial charge in [-0.15, -0.1) is 0 Å². The van der Waals surface area contributed by atoms with Crippen molar-refractivity contribution in [3.8, 4) is 6.07 Å². The Morgan fingerprint density at radius 2 is 2.71 bits per heavy atom. The Labute approximate surface area is 41.2 Å². The minimum Gasteiger partial charge on any atom is -0.468 e. The van der Waals surface area contributed by atoms with Gasteiger partial charge in [0.05, 0.1) is 6.54 Å². The second-order valence-electron chi connectivity index (χ2n) is 1.15. The summed E-state index contributed by atoms with van der Waals surface area (Å²) in [5.74, 6) is 0.222. The van der Waals surface area contributed by atoms with E-state index in [1.807, 2.05) is 0 Å². The molecule has 1 aliphatic heterocycles. The van der Waals surface area contributed by atoms with Gasteiger partial charge < -0.3 is 4.74 Å². The van der Waals surface area contributed by atoms with Gasteiger partial charge in [0.15, 0.2) is 6.07 Å². The molecule has 0 bridgehead atoms. The van der Waals surface area contributed by atoms with Crippen molar-refractivity contribution in [1.29, 1.82) is 5.26 Å². The van der Waals surface area contributed by atoms with Crippen molar-refractivity contribution in [3.63, 3.8) is 0 Å². The molecule has 0 aromatic heterocycles. The molecule has 0 saturated heterocycles. The van der Waals surface area contributed by atoms with Crippen LogP contribution in [0.3, 0.4) is 0 Å². The van der Waals surface area contributed by atoms with Gasteiger partial charge in [-0.25, -0.2) is 4.99 Å². The Bertz CT molecular complexity index is 133. The molecule has 0 unspecified atom stereocenters. The third kappa shape index (κ3) is 0.686. The second-order valence-corrected chi connectivity index (χ2v) is 1.15. The van der Waals surface area contributed by atoms with Crippen molar-refractivity contribution in [1.82, 2.24) is 0 Å². The third-order valence-electron chi connectivity index (χ3n) is 0.681. The van der Waals surface area contributed by atoms with Crippen molar-refractivity contribution in [2.24, 2.45) is 4.99 Å². The van der Waals surface area contributed by atoms with Gasteiger partial charge in [0.25, 0.3) is 5.90 Å². The first kappa shape index (κ1) is 4.13. The van der Waals surface area contributed by atoms with Crippen LogP contribution >= 0.6 is 0 Å². The first-order valence-corrected chi connectivity index (χ1v) is 2.01. The highest BCUT2D eigenvalue weighted by molar-refractivity contribution is 5.92. The summed E-state index contributed by atoms with van der Waals surface area (Å²) in [7, 11) is 0. The molecule has 1 heterocycles. The highest BCUT2D eigenvalue weighted by Gasteiger charge is 2.02. The van der Waals surface area contributed by atoms with Crippen LogP contribution in [0.2, 0.25) is 0 Å². The Balaban J connectivity index is 2.57. The lowest BCUT2D eigenvalue weighted by Crippen LogP contribution is -1.92. The highest BCUT2D eigenvalue weighted by atomic mass is 16.5. The summed E-state index contributed by atoms with van der Waals surface area (Å²) in [6, 6.07) is 1.79. The van der Waals surface area contributed by atoms with E-state index >= 15 is 0 Å². The van der Waals surface area contributed by atoms with E-state index in [1.54, 1.807) is 6.07 Å². The number of hydrogen-bond acceptors (Lipinski definition) is 3. The molecule has 0 spiro atoms. The van der Waals surface area contributed by atoms with Crippen LogP contribution in [0.15, 0.2) is 4.99 Å². The van der Waals surface area contributed by atoms with Crippen molar-refractivity contribution in [3.05, 3.63) is 0 Å². The van der Waals surface area contributed by atoms with E-state index in [0.29, 0.717) is 13.2 Å². The summed E-state index contributed by atoms with van der Waals surface area (Å²) in [5, 5.41) is 8.06. The summed E-state index contributed by atoms with van der Waals surface area (Å²) in [6.45, 7) is 1.21. The van der Waals surface area contributed by atoms with E-state index < -0.39 is 0 Å². The van der Waals surface area contributed by atoms with Gasteiger partial charge in [-0.2, -0.15) is 5.26 Å². The van der Waals surface area contributed by atoms with Crippen molar-refractivity contribution in [2.45, 2.75) is 0 Å². The van der Waals surface area contributed by atoms with Gasteiger partial charge in [0.1, 0.15) is 6.61 Å². The lowest BCUT2D eigenvalue weighted by molar-refractivity contribution is 0.351. The van der Waals surface area contributed by atoms with Crippen LogP contribution in [0, 0.1) is 11.3 Å². The van der Waals surface area contributed by atoms with Crippen LogP contribution in [0.5, 0.6) is 0 Å². The minimum absolute atomic E-state index is 0.222. The average Bonchev–Trinajstić information content (AvgIpc) is 2.14. The first-order chi connectivity index (χ1) is 3.43. The van der Waals surface area contributed by atoms with E-state index in [9.17, 15) is 0 Å². The van der Waals surface area contributed by atoms with Gasteiger partial charge in [-0.05, 0) is 0 Å². The summed E-state index contributed by atoms with van der Waals surface area (Å²) in [4.78, 5) is 3.69. The Morgan fingerprint density at radius 1 is 1.86 bits per heavy atom. The average molecular weight is 96.1 g/mol. The molecule has 1 aliphatic rings. The monoisotopic (exact) mass is 96.0 g/mol. The van der Waals surface area contributed by atoms with E-state index in [0.717, 1.165) is 0 Å². The third-order valence-corrected chi connectivity index (χ3v) is 0.681. The fourth-order valence-electron chi connectivity index (χ4n) is 0.403. The van der Waals surface area contributed by atoms with Crippen molar-refractivity contribution in [2.75, 3.05) is 13.2 Å². The number of rotatable bonds is 0. The van der Waals surface area contributed by atoms with Gasteiger partial charge in [0, 0.05) is 0 Å². The number of nitrogens with zero attached hydrogens (tertiary/aromatic N) is 2. The molecule has 0 N–H and O–H groups in total. The molecule has 3 nitrogen and oxygen atoms in total. The predicted octanol–water partition coefficient (Wildman–Crippen LogP) is -0.0613. The maximum Gasteiger partial charge on any atom is 0.290 e. The van der Waals surface area contributed by atoms with E-state index in [2.05, 4.69) is 4.99 Å². The number of ether oxygens (including phenoxy) is 1. The number of hydrogen-bond donors (Lipinski definition) is 0. The van der Waals surface area contributed by atoms with Crippen LogP contribution in [-0.2, 0) is 4.74 Å². The minimum atomic E-state index is 0.222. The quantitative estimate of drug-likeness (QED) is 0.424. The van der Waals surface area contributed by atoms with Crippen LogP contribution in [0.4, 0.5) is 0 Å². The molecule has 0 aromatic rings. The van der Waals surface area contributed by atoms with Crippen LogP contribution in [0.25, 0.3) is 0 Å². The number of nitriles is 1. The first-order valence-electron chi connectivity index (χ1n) is 2.01.